The van der Waals surface area contributed by atoms with Gasteiger partial charge in [-0.15, -0.1) is 0 Å². The van der Waals surface area contributed by atoms with Crippen molar-refractivity contribution in [3.63, 3.8) is 0 Å². The predicted molar refractivity (Wildman–Crippen MR) is 83.6 cm³/mol. The van der Waals surface area contributed by atoms with Crippen LogP contribution in [-0.4, -0.2) is 47.6 Å². The number of anilines is 1. The molecule has 1 fully saturated rings. The lowest BCUT2D eigenvalue weighted by Crippen LogP contribution is -2.44. The molecular formula is C14H21N5O2S. The first-order valence-corrected chi connectivity index (χ1v) is 8.98. The Hall–Kier alpha value is -1.72. The minimum atomic E-state index is -3.17. The lowest BCUT2D eigenvalue weighted by atomic mass is 10.1. The van der Waals surface area contributed by atoms with Gasteiger partial charge >= 0.3 is 0 Å². The summed E-state index contributed by atoms with van der Waals surface area (Å²) >= 11 is 0. The summed E-state index contributed by atoms with van der Waals surface area (Å²) in [6.45, 7) is 4.80. The molecule has 0 saturated carbocycles. The zero-order valence-corrected chi connectivity index (χ0v) is 13.7. The molecule has 0 aromatic carbocycles. The van der Waals surface area contributed by atoms with Crippen LogP contribution in [0.5, 0.6) is 0 Å². The lowest BCUT2D eigenvalue weighted by Gasteiger charge is -2.32. The van der Waals surface area contributed by atoms with Gasteiger partial charge in [-0.1, -0.05) is 13.8 Å². The van der Waals surface area contributed by atoms with E-state index < -0.39 is 10.0 Å². The smallest absolute Gasteiger partial charge is 0.214 e. The molecule has 0 atom stereocenters. The average molecular weight is 323 g/mol. The monoisotopic (exact) mass is 323 g/mol. The van der Waals surface area contributed by atoms with Crippen LogP contribution in [0.3, 0.4) is 0 Å². The number of hydrogen-bond donors (Lipinski definition) is 1. The summed E-state index contributed by atoms with van der Waals surface area (Å²) in [6.07, 6.45) is 4.40. The number of hydrogen-bond acceptors (Lipinski definition) is 6. The van der Waals surface area contributed by atoms with Gasteiger partial charge in [-0.2, -0.15) is 5.26 Å². The maximum atomic E-state index is 12.2. The van der Waals surface area contributed by atoms with Crippen molar-refractivity contribution in [1.29, 1.82) is 5.26 Å². The first-order valence-electron chi connectivity index (χ1n) is 7.38. The number of rotatable bonds is 5. The van der Waals surface area contributed by atoms with Crippen molar-refractivity contribution in [3.8, 4) is 6.07 Å². The van der Waals surface area contributed by atoms with Crippen LogP contribution in [0.25, 0.3) is 0 Å². The van der Waals surface area contributed by atoms with Gasteiger partial charge in [0.25, 0.3) is 0 Å². The van der Waals surface area contributed by atoms with E-state index in [9.17, 15) is 8.42 Å². The van der Waals surface area contributed by atoms with Gasteiger partial charge in [0.1, 0.15) is 6.07 Å². The molecule has 1 saturated heterocycles. The van der Waals surface area contributed by atoms with E-state index in [-0.39, 0.29) is 23.4 Å². The molecule has 0 unspecified atom stereocenters. The van der Waals surface area contributed by atoms with Gasteiger partial charge < -0.3 is 5.32 Å². The number of nitrogens with one attached hydrogen (secondary N) is 1. The van der Waals surface area contributed by atoms with Crippen molar-refractivity contribution in [2.75, 3.05) is 24.2 Å². The van der Waals surface area contributed by atoms with Gasteiger partial charge in [-0.25, -0.2) is 22.7 Å². The summed E-state index contributed by atoms with van der Waals surface area (Å²) in [5.74, 6) is 0.778. The third-order valence-electron chi connectivity index (χ3n) is 3.54. The Bertz CT molecular complexity index is 645. The molecule has 0 bridgehead atoms. The Kier molecular flexibility index (Phi) is 5.32. The Labute approximate surface area is 131 Å². The molecule has 1 aromatic heterocycles. The molecular weight excluding hydrogens is 302 g/mol. The van der Waals surface area contributed by atoms with Crippen molar-refractivity contribution in [1.82, 2.24) is 14.3 Å². The van der Waals surface area contributed by atoms with Crippen molar-refractivity contribution in [3.05, 3.63) is 18.1 Å². The van der Waals surface area contributed by atoms with Crippen molar-refractivity contribution in [2.24, 2.45) is 5.92 Å². The van der Waals surface area contributed by atoms with E-state index in [1.54, 1.807) is 4.31 Å². The van der Waals surface area contributed by atoms with Crippen LogP contribution in [0.1, 0.15) is 32.4 Å². The van der Waals surface area contributed by atoms with Gasteiger partial charge in [0.05, 0.1) is 5.75 Å². The Morgan fingerprint density at radius 2 is 2.00 bits per heavy atom. The zero-order valence-electron chi connectivity index (χ0n) is 12.9. The van der Waals surface area contributed by atoms with E-state index in [2.05, 4.69) is 15.3 Å². The SMILES string of the molecule is CC(C)CS(=O)(=O)N1CCC(Nc2nccnc2C#N)CC1. The summed E-state index contributed by atoms with van der Waals surface area (Å²) in [5, 5.41) is 12.2. The highest BCUT2D eigenvalue weighted by atomic mass is 32.2. The van der Waals surface area contributed by atoms with Crippen LogP contribution < -0.4 is 5.32 Å². The Morgan fingerprint density at radius 1 is 1.36 bits per heavy atom. The van der Waals surface area contributed by atoms with E-state index in [0.29, 0.717) is 31.7 Å². The second-order valence-corrected chi connectivity index (χ2v) is 7.87. The molecule has 0 aliphatic carbocycles. The van der Waals surface area contributed by atoms with Crippen molar-refractivity contribution in [2.45, 2.75) is 32.7 Å². The molecule has 7 nitrogen and oxygen atoms in total. The van der Waals surface area contributed by atoms with Gasteiger partial charge in [-0.3, -0.25) is 0 Å². The van der Waals surface area contributed by atoms with Crippen molar-refractivity contribution < 1.29 is 8.42 Å². The number of sulfonamides is 1. The van der Waals surface area contributed by atoms with Crippen LogP contribution in [0.4, 0.5) is 5.82 Å². The quantitative estimate of drug-likeness (QED) is 0.874. The van der Waals surface area contributed by atoms with Crippen LogP contribution in [0, 0.1) is 17.2 Å². The first kappa shape index (κ1) is 16.6. The Balaban J connectivity index is 1.94. The maximum absolute atomic E-state index is 12.2. The molecule has 22 heavy (non-hydrogen) atoms. The van der Waals surface area contributed by atoms with Gasteiger partial charge in [0, 0.05) is 31.5 Å². The number of nitrogens with zero attached hydrogens (tertiary/aromatic N) is 4. The summed E-state index contributed by atoms with van der Waals surface area (Å²) < 4.78 is 26.0. The highest BCUT2D eigenvalue weighted by Gasteiger charge is 2.28. The summed E-state index contributed by atoms with van der Waals surface area (Å²) in [7, 11) is -3.17. The van der Waals surface area contributed by atoms with Gasteiger partial charge in [0.2, 0.25) is 10.0 Å². The highest BCUT2D eigenvalue weighted by Crippen LogP contribution is 2.19. The molecule has 8 heteroatoms. The topological polar surface area (TPSA) is 99.0 Å². The molecule has 2 heterocycles. The van der Waals surface area contributed by atoms with E-state index in [1.807, 2.05) is 19.9 Å². The molecule has 0 amide bonds. The van der Waals surface area contributed by atoms with Crippen LogP contribution in [0.2, 0.25) is 0 Å². The predicted octanol–water partition coefficient (Wildman–Crippen LogP) is 1.21. The average Bonchev–Trinajstić information content (AvgIpc) is 2.47. The number of nitriles is 1. The summed E-state index contributed by atoms with van der Waals surface area (Å²) in [6, 6.07) is 2.10. The Morgan fingerprint density at radius 3 is 2.59 bits per heavy atom. The minimum Gasteiger partial charge on any atom is -0.365 e. The molecule has 0 spiro atoms. The first-order chi connectivity index (χ1) is 10.4. The van der Waals surface area contributed by atoms with E-state index in [0.717, 1.165) is 0 Å². The minimum absolute atomic E-state index is 0.106. The molecule has 1 aromatic rings. The summed E-state index contributed by atoms with van der Waals surface area (Å²) in [4.78, 5) is 8.08. The standard InChI is InChI=1S/C14H21N5O2S/c1-11(2)10-22(20,21)19-7-3-12(4-8-19)18-14-13(9-15)16-5-6-17-14/h5-6,11-12H,3-4,7-8,10H2,1-2H3,(H,17,18). The van der Waals surface area contributed by atoms with Crippen molar-refractivity contribution >= 4 is 15.8 Å². The van der Waals surface area contributed by atoms with Gasteiger partial charge in [-0.05, 0) is 18.8 Å². The fourth-order valence-electron chi connectivity index (χ4n) is 2.52. The third-order valence-corrected chi connectivity index (χ3v) is 5.78. The molecule has 120 valence electrons. The van der Waals surface area contributed by atoms with E-state index in [1.165, 1.54) is 12.4 Å². The van der Waals surface area contributed by atoms with Crippen LogP contribution in [0.15, 0.2) is 12.4 Å². The lowest BCUT2D eigenvalue weighted by molar-refractivity contribution is 0.328. The fourth-order valence-corrected chi connectivity index (χ4v) is 4.34. The normalized spacial score (nSPS) is 17.4. The molecule has 0 radical (unpaired) electrons. The number of piperidine rings is 1. The molecule has 1 aliphatic heterocycles. The third kappa shape index (κ3) is 4.15. The molecule has 1 aliphatic rings. The molecule has 1 N–H and O–H groups in total. The van der Waals surface area contributed by atoms with Crippen LogP contribution in [-0.2, 0) is 10.0 Å². The van der Waals surface area contributed by atoms with E-state index in [4.69, 9.17) is 5.26 Å². The fraction of sp³-hybridized carbons (Fsp3) is 0.643. The second-order valence-electron chi connectivity index (χ2n) is 5.86. The van der Waals surface area contributed by atoms with E-state index >= 15 is 0 Å². The maximum Gasteiger partial charge on any atom is 0.214 e. The number of aromatic nitrogens is 2. The van der Waals surface area contributed by atoms with Crippen LogP contribution >= 0.6 is 0 Å². The largest absolute Gasteiger partial charge is 0.365 e. The van der Waals surface area contributed by atoms with Gasteiger partial charge in [0.15, 0.2) is 11.5 Å². The highest BCUT2D eigenvalue weighted by molar-refractivity contribution is 7.89. The second kappa shape index (κ2) is 7.03. The summed E-state index contributed by atoms with van der Waals surface area (Å²) in [5.41, 5.74) is 0.261. The zero-order chi connectivity index (χ0) is 16.2. The molecule has 2 rings (SSSR count).